The standard InChI is InChI=1S/C14H21NO2/c1-3-6-11(2)15-9-12-10-16-13-7-4-5-8-14(13)17-12/h4-5,7-8,11-12,15H,3,6,9-10H2,1-2H3. The van der Waals surface area contributed by atoms with Gasteiger partial charge in [0.1, 0.15) is 12.7 Å². The van der Waals surface area contributed by atoms with Gasteiger partial charge in [-0.3, -0.25) is 0 Å². The second-order valence-corrected chi connectivity index (χ2v) is 4.60. The highest BCUT2D eigenvalue weighted by Crippen LogP contribution is 2.30. The van der Waals surface area contributed by atoms with Crippen LogP contribution in [-0.2, 0) is 0 Å². The molecule has 0 saturated carbocycles. The molecule has 2 unspecified atom stereocenters. The monoisotopic (exact) mass is 235 g/mol. The number of benzene rings is 1. The molecule has 94 valence electrons. The van der Waals surface area contributed by atoms with Gasteiger partial charge in [-0.15, -0.1) is 0 Å². The Morgan fingerprint density at radius 2 is 2.12 bits per heavy atom. The van der Waals surface area contributed by atoms with Crippen LogP contribution in [-0.4, -0.2) is 25.3 Å². The van der Waals surface area contributed by atoms with Gasteiger partial charge in [-0.1, -0.05) is 25.5 Å². The van der Waals surface area contributed by atoms with E-state index >= 15 is 0 Å². The van der Waals surface area contributed by atoms with Crippen molar-refractivity contribution in [2.75, 3.05) is 13.2 Å². The maximum Gasteiger partial charge on any atom is 0.161 e. The molecule has 0 spiro atoms. The van der Waals surface area contributed by atoms with Crippen LogP contribution in [0.15, 0.2) is 24.3 Å². The minimum atomic E-state index is 0.115. The highest BCUT2D eigenvalue weighted by Gasteiger charge is 2.20. The Labute approximate surface area is 103 Å². The molecular formula is C14H21NO2. The second-order valence-electron chi connectivity index (χ2n) is 4.60. The molecule has 1 aromatic rings. The summed E-state index contributed by atoms with van der Waals surface area (Å²) in [5, 5.41) is 3.48. The Hall–Kier alpha value is -1.22. The molecule has 0 fully saturated rings. The van der Waals surface area contributed by atoms with Crippen molar-refractivity contribution in [3.63, 3.8) is 0 Å². The zero-order valence-corrected chi connectivity index (χ0v) is 10.6. The van der Waals surface area contributed by atoms with E-state index in [0.717, 1.165) is 18.0 Å². The number of nitrogens with one attached hydrogen (secondary N) is 1. The van der Waals surface area contributed by atoms with E-state index in [1.807, 2.05) is 24.3 Å². The summed E-state index contributed by atoms with van der Waals surface area (Å²) in [5.41, 5.74) is 0. The molecule has 0 bridgehead atoms. The summed E-state index contributed by atoms with van der Waals surface area (Å²) in [5.74, 6) is 1.71. The van der Waals surface area contributed by atoms with Crippen molar-refractivity contribution in [1.29, 1.82) is 0 Å². The van der Waals surface area contributed by atoms with Gasteiger partial charge >= 0.3 is 0 Å². The van der Waals surface area contributed by atoms with Crippen LogP contribution in [0.1, 0.15) is 26.7 Å². The first-order chi connectivity index (χ1) is 8.29. The molecule has 1 aromatic carbocycles. The summed E-state index contributed by atoms with van der Waals surface area (Å²) < 4.78 is 11.5. The summed E-state index contributed by atoms with van der Waals surface area (Å²) in [4.78, 5) is 0. The number of fused-ring (bicyclic) bond motifs is 1. The van der Waals surface area contributed by atoms with E-state index in [1.54, 1.807) is 0 Å². The van der Waals surface area contributed by atoms with E-state index in [2.05, 4.69) is 19.2 Å². The van der Waals surface area contributed by atoms with Gasteiger partial charge < -0.3 is 14.8 Å². The number of para-hydroxylation sites is 2. The van der Waals surface area contributed by atoms with Crippen LogP contribution < -0.4 is 14.8 Å². The predicted octanol–water partition coefficient (Wildman–Crippen LogP) is 2.60. The van der Waals surface area contributed by atoms with Crippen LogP contribution in [0.4, 0.5) is 0 Å². The number of hydrogen-bond donors (Lipinski definition) is 1. The highest BCUT2D eigenvalue weighted by molar-refractivity contribution is 5.40. The van der Waals surface area contributed by atoms with E-state index in [4.69, 9.17) is 9.47 Å². The second kappa shape index (κ2) is 5.92. The van der Waals surface area contributed by atoms with Crippen molar-refractivity contribution in [3.05, 3.63) is 24.3 Å². The van der Waals surface area contributed by atoms with Crippen LogP contribution >= 0.6 is 0 Å². The van der Waals surface area contributed by atoms with Crippen LogP contribution in [0, 0.1) is 0 Å². The smallest absolute Gasteiger partial charge is 0.161 e. The topological polar surface area (TPSA) is 30.5 Å². The molecule has 3 heteroatoms. The fourth-order valence-corrected chi connectivity index (χ4v) is 2.03. The molecule has 2 atom stereocenters. The summed E-state index contributed by atoms with van der Waals surface area (Å²) in [7, 11) is 0. The van der Waals surface area contributed by atoms with Crippen molar-refractivity contribution >= 4 is 0 Å². The molecule has 0 aliphatic carbocycles. The normalized spacial score (nSPS) is 20.0. The average Bonchev–Trinajstić information content (AvgIpc) is 2.36. The molecule has 0 saturated heterocycles. The molecule has 0 aromatic heterocycles. The first kappa shape index (κ1) is 12.2. The van der Waals surface area contributed by atoms with Crippen molar-refractivity contribution in [2.45, 2.75) is 38.8 Å². The molecule has 1 heterocycles. The lowest BCUT2D eigenvalue weighted by molar-refractivity contribution is 0.0883. The van der Waals surface area contributed by atoms with Gasteiger partial charge in [0.15, 0.2) is 11.5 Å². The van der Waals surface area contributed by atoms with E-state index in [9.17, 15) is 0 Å². The van der Waals surface area contributed by atoms with Gasteiger partial charge in [0.2, 0.25) is 0 Å². The summed E-state index contributed by atoms with van der Waals surface area (Å²) >= 11 is 0. The Kier molecular flexibility index (Phi) is 4.26. The first-order valence-electron chi connectivity index (χ1n) is 6.41. The Balaban J connectivity index is 1.82. The first-order valence-corrected chi connectivity index (χ1v) is 6.41. The molecule has 2 rings (SSSR count). The third-order valence-electron chi connectivity index (χ3n) is 2.98. The fraction of sp³-hybridized carbons (Fsp3) is 0.571. The van der Waals surface area contributed by atoms with Crippen molar-refractivity contribution < 1.29 is 9.47 Å². The Morgan fingerprint density at radius 3 is 2.88 bits per heavy atom. The SMILES string of the molecule is CCCC(C)NCC1COc2ccccc2O1. The van der Waals surface area contributed by atoms with Crippen molar-refractivity contribution in [3.8, 4) is 11.5 Å². The van der Waals surface area contributed by atoms with Gasteiger partial charge in [-0.05, 0) is 25.5 Å². The highest BCUT2D eigenvalue weighted by atomic mass is 16.6. The fourth-order valence-electron chi connectivity index (χ4n) is 2.03. The Bertz CT molecular complexity index is 354. The van der Waals surface area contributed by atoms with Gasteiger partial charge in [0, 0.05) is 12.6 Å². The maximum absolute atomic E-state index is 5.87. The van der Waals surface area contributed by atoms with Gasteiger partial charge in [-0.2, -0.15) is 0 Å². The van der Waals surface area contributed by atoms with Gasteiger partial charge in [0.25, 0.3) is 0 Å². The van der Waals surface area contributed by atoms with E-state index in [-0.39, 0.29) is 6.10 Å². The zero-order chi connectivity index (χ0) is 12.1. The Morgan fingerprint density at radius 1 is 1.35 bits per heavy atom. The maximum atomic E-state index is 5.87. The van der Waals surface area contributed by atoms with Crippen LogP contribution in [0.5, 0.6) is 11.5 Å². The largest absolute Gasteiger partial charge is 0.486 e. The number of ether oxygens (including phenoxy) is 2. The van der Waals surface area contributed by atoms with E-state index < -0.39 is 0 Å². The molecule has 3 nitrogen and oxygen atoms in total. The molecule has 1 aliphatic rings. The number of hydrogen-bond acceptors (Lipinski definition) is 3. The predicted molar refractivity (Wildman–Crippen MR) is 68.7 cm³/mol. The van der Waals surface area contributed by atoms with Gasteiger partial charge in [0.05, 0.1) is 0 Å². The van der Waals surface area contributed by atoms with E-state index in [0.29, 0.717) is 12.6 Å². The summed E-state index contributed by atoms with van der Waals surface area (Å²) in [6, 6.07) is 8.37. The molecule has 17 heavy (non-hydrogen) atoms. The molecule has 0 amide bonds. The summed E-state index contributed by atoms with van der Waals surface area (Å²) in [6.07, 6.45) is 2.52. The average molecular weight is 235 g/mol. The molecular weight excluding hydrogens is 214 g/mol. The quantitative estimate of drug-likeness (QED) is 0.851. The lowest BCUT2D eigenvalue weighted by Gasteiger charge is -2.27. The third-order valence-corrected chi connectivity index (χ3v) is 2.98. The minimum absolute atomic E-state index is 0.115. The van der Waals surface area contributed by atoms with Crippen LogP contribution in [0.3, 0.4) is 0 Å². The van der Waals surface area contributed by atoms with Crippen molar-refractivity contribution in [2.24, 2.45) is 0 Å². The minimum Gasteiger partial charge on any atom is -0.486 e. The lowest BCUT2D eigenvalue weighted by Crippen LogP contribution is -2.41. The van der Waals surface area contributed by atoms with Crippen LogP contribution in [0.25, 0.3) is 0 Å². The third kappa shape index (κ3) is 3.37. The zero-order valence-electron chi connectivity index (χ0n) is 10.6. The van der Waals surface area contributed by atoms with Gasteiger partial charge in [-0.25, -0.2) is 0 Å². The molecule has 1 N–H and O–H groups in total. The van der Waals surface area contributed by atoms with Crippen LogP contribution in [0.2, 0.25) is 0 Å². The summed E-state index contributed by atoms with van der Waals surface area (Å²) in [6.45, 7) is 5.88. The lowest BCUT2D eigenvalue weighted by atomic mass is 10.2. The van der Waals surface area contributed by atoms with Crippen molar-refractivity contribution in [1.82, 2.24) is 5.32 Å². The molecule has 1 aliphatic heterocycles. The number of rotatable bonds is 5. The molecule has 0 radical (unpaired) electrons. The van der Waals surface area contributed by atoms with E-state index in [1.165, 1.54) is 12.8 Å².